The highest BCUT2D eigenvalue weighted by atomic mass is 16.3. The number of quaternary nitrogens is 1. The van der Waals surface area contributed by atoms with Crippen LogP contribution in [0.5, 0.6) is 0 Å². The zero-order chi connectivity index (χ0) is 20.3. The Kier molecular flexibility index (Phi) is 15.3. The van der Waals surface area contributed by atoms with Crippen LogP contribution in [0.3, 0.4) is 0 Å². The van der Waals surface area contributed by atoms with Gasteiger partial charge in [0.15, 0.2) is 0 Å². The van der Waals surface area contributed by atoms with Gasteiger partial charge in [-0.3, -0.25) is 0 Å². The first-order valence-corrected chi connectivity index (χ1v) is 11.9. The fourth-order valence-corrected chi connectivity index (χ4v) is 4.26. The second-order valence-corrected chi connectivity index (χ2v) is 8.49. The second kappa shape index (κ2) is 17.0. The fraction of sp³-hybridized carbons (Fsp3) is 0.760. The van der Waals surface area contributed by atoms with Gasteiger partial charge in [-0.1, -0.05) is 101 Å². The molecule has 1 aromatic rings. The van der Waals surface area contributed by atoms with Gasteiger partial charge in [0.1, 0.15) is 19.6 Å². The summed E-state index contributed by atoms with van der Waals surface area (Å²) in [6.07, 6.45) is 16.3. The highest BCUT2D eigenvalue weighted by Crippen LogP contribution is 2.18. The number of aliphatic hydroxyl groups is 2. The minimum atomic E-state index is 0.186. The van der Waals surface area contributed by atoms with Crippen molar-refractivity contribution >= 4 is 0 Å². The molecule has 1 rings (SSSR count). The van der Waals surface area contributed by atoms with Crippen LogP contribution in [0.25, 0.3) is 0 Å². The summed E-state index contributed by atoms with van der Waals surface area (Å²) in [6, 6.07) is 10.5. The lowest BCUT2D eigenvalue weighted by atomic mass is 10.0. The van der Waals surface area contributed by atoms with Crippen molar-refractivity contribution in [2.45, 2.75) is 90.5 Å². The van der Waals surface area contributed by atoms with Crippen LogP contribution in [0, 0.1) is 0 Å². The number of nitrogens with zero attached hydrogens (tertiary/aromatic N) is 1. The van der Waals surface area contributed by atoms with E-state index in [4.69, 9.17) is 0 Å². The van der Waals surface area contributed by atoms with Gasteiger partial charge in [0.05, 0.1) is 19.8 Å². The Hall–Kier alpha value is -0.900. The van der Waals surface area contributed by atoms with Gasteiger partial charge in [-0.25, -0.2) is 0 Å². The lowest BCUT2D eigenvalue weighted by Gasteiger charge is -2.38. The van der Waals surface area contributed by atoms with Gasteiger partial charge in [0.2, 0.25) is 0 Å². The summed E-state index contributed by atoms with van der Waals surface area (Å²) in [5, 5.41) is 19.2. The zero-order valence-corrected chi connectivity index (χ0v) is 18.5. The van der Waals surface area contributed by atoms with E-state index < -0.39 is 0 Å². The maximum atomic E-state index is 9.60. The third kappa shape index (κ3) is 11.8. The molecule has 0 bridgehead atoms. The smallest absolute Gasteiger partial charge is 0.104 e. The second-order valence-electron chi connectivity index (χ2n) is 8.49. The summed E-state index contributed by atoms with van der Waals surface area (Å²) in [5.41, 5.74) is 1.29. The van der Waals surface area contributed by atoms with E-state index in [1.807, 2.05) is 6.07 Å². The molecule has 0 amide bonds. The van der Waals surface area contributed by atoms with Crippen molar-refractivity contribution in [3.63, 3.8) is 0 Å². The molecule has 0 heterocycles. The highest BCUT2D eigenvalue weighted by Gasteiger charge is 2.26. The van der Waals surface area contributed by atoms with Crippen molar-refractivity contribution in [3.8, 4) is 0 Å². The van der Waals surface area contributed by atoms with Crippen LogP contribution in [0.1, 0.15) is 89.5 Å². The molecule has 0 aliphatic carbocycles. The zero-order valence-electron chi connectivity index (χ0n) is 18.5. The van der Waals surface area contributed by atoms with Crippen molar-refractivity contribution in [2.24, 2.45) is 0 Å². The number of benzene rings is 1. The Morgan fingerprint density at radius 3 is 1.54 bits per heavy atom. The Labute approximate surface area is 174 Å². The number of aliphatic hydroxyl groups excluding tert-OH is 2. The van der Waals surface area contributed by atoms with E-state index >= 15 is 0 Å². The van der Waals surface area contributed by atoms with Gasteiger partial charge in [-0.05, 0) is 12.8 Å². The summed E-state index contributed by atoms with van der Waals surface area (Å²) in [7, 11) is 0. The molecule has 0 aromatic heterocycles. The van der Waals surface area contributed by atoms with Gasteiger partial charge < -0.3 is 14.7 Å². The van der Waals surface area contributed by atoms with Crippen molar-refractivity contribution in [1.29, 1.82) is 0 Å². The maximum Gasteiger partial charge on any atom is 0.104 e. The number of unbranched alkanes of at least 4 members (excludes halogenated alkanes) is 11. The SMILES string of the molecule is CCCCCCCCCCCCCC[N+](CCO)(CCO)Cc1ccccc1. The summed E-state index contributed by atoms with van der Waals surface area (Å²) >= 11 is 0. The third-order valence-electron chi connectivity index (χ3n) is 6.00. The molecule has 28 heavy (non-hydrogen) atoms. The van der Waals surface area contributed by atoms with Crippen LogP contribution >= 0.6 is 0 Å². The average molecular weight is 393 g/mol. The molecule has 1 aromatic carbocycles. The predicted octanol–water partition coefficient (Wildman–Crippen LogP) is 5.69. The molecule has 0 radical (unpaired) electrons. The first-order chi connectivity index (χ1) is 13.8. The molecule has 0 aliphatic heterocycles. The molecule has 0 saturated carbocycles. The van der Waals surface area contributed by atoms with Gasteiger partial charge in [-0.2, -0.15) is 0 Å². The molecule has 0 fully saturated rings. The maximum absolute atomic E-state index is 9.60. The van der Waals surface area contributed by atoms with E-state index in [-0.39, 0.29) is 13.2 Å². The quantitative estimate of drug-likeness (QED) is 0.234. The van der Waals surface area contributed by atoms with Crippen LogP contribution < -0.4 is 0 Å². The van der Waals surface area contributed by atoms with Crippen LogP contribution in [-0.4, -0.2) is 47.5 Å². The van der Waals surface area contributed by atoms with Crippen LogP contribution in [-0.2, 0) is 6.54 Å². The van der Waals surface area contributed by atoms with Crippen molar-refractivity contribution < 1.29 is 14.7 Å². The standard InChI is InChI=1S/C25H46NO2/c1-2-3-4-5-6-7-8-9-10-11-12-16-19-26(20-22-27,21-23-28)24-25-17-14-13-15-18-25/h13-15,17-18,27-28H,2-12,16,19-24H2,1H3/q+1. The highest BCUT2D eigenvalue weighted by molar-refractivity contribution is 5.13. The Morgan fingerprint density at radius 1 is 0.607 bits per heavy atom. The van der Waals surface area contributed by atoms with Crippen molar-refractivity contribution in [3.05, 3.63) is 35.9 Å². The van der Waals surface area contributed by atoms with E-state index in [2.05, 4.69) is 31.2 Å². The summed E-state index contributed by atoms with van der Waals surface area (Å²) in [5.74, 6) is 0. The minimum Gasteiger partial charge on any atom is -0.391 e. The summed E-state index contributed by atoms with van der Waals surface area (Å²) in [6.45, 7) is 6.06. The molecule has 0 atom stereocenters. The summed E-state index contributed by atoms with van der Waals surface area (Å²) < 4.78 is 0.800. The van der Waals surface area contributed by atoms with Crippen molar-refractivity contribution in [2.75, 3.05) is 32.8 Å². The third-order valence-corrected chi connectivity index (χ3v) is 6.00. The Morgan fingerprint density at radius 2 is 1.07 bits per heavy atom. The van der Waals surface area contributed by atoms with E-state index in [9.17, 15) is 10.2 Å². The molecule has 162 valence electrons. The number of hydrogen-bond donors (Lipinski definition) is 2. The molecule has 0 unspecified atom stereocenters. The molecule has 2 N–H and O–H groups in total. The lowest BCUT2D eigenvalue weighted by Crippen LogP contribution is -2.51. The van der Waals surface area contributed by atoms with Crippen LogP contribution in [0.15, 0.2) is 30.3 Å². The Bertz CT molecular complexity index is 443. The van der Waals surface area contributed by atoms with E-state index in [0.29, 0.717) is 0 Å². The van der Waals surface area contributed by atoms with E-state index in [1.54, 1.807) is 0 Å². The largest absolute Gasteiger partial charge is 0.391 e. The summed E-state index contributed by atoms with van der Waals surface area (Å²) in [4.78, 5) is 0. The number of hydrogen-bond acceptors (Lipinski definition) is 2. The Balaban J connectivity index is 2.22. The first-order valence-electron chi connectivity index (χ1n) is 11.9. The monoisotopic (exact) mass is 392 g/mol. The fourth-order valence-electron chi connectivity index (χ4n) is 4.26. The van der Waals surface area contributed by atoms with Gasteiger partial charge in [0.25, 0.3) is 0 Å². The van der Waals surface area contributed by atoms with E-state index in [1.165, 1.54) is 82.6 Å². The van der Waals surface area contributed by atoms with Gasteiger partial charge >= 0.3 is 0 Å². The first kappa shape index (κ1) is 25.1. The number of rotatable bonds is 19. The van der Waals surface area contributed by atoms with Crippen LogP contribution in [0.4, 0.5) is 0 Å². The molecule has 3 heteroatoms. The predicted molar refractivity (Wildman–Crippen MR) is 120 cm³/mol. The molecular formula is C25H46NO2+. The molecule has 3 nitrogen and oxygen atoms in total. The molecular weight excluding hydrogens is 346 g/mol. The van der Waals surface area contributed by atoms with Gasteiger partial charge in [-0.15, -0.1) is 0 Å². The topological polar surface area (TPSA) is 40.5 Å². The van der Waals surface area contributed by atoms with E-state index in [0.717, 1.165) is 30.7 Å². The van der Waals surface area contributed by atoms with Crippen molar-refractivity contribution in [1.82, 2.24) is 0 Å². The molecule has 0 saturated heterocycles. The molecule has 0 spiro atoms. The van der Waals surface area contributed by atoms with Gasteiger partial charge in [0, 0.05) is 5.56 Å². The molecule has 0 aliphatic rings. The minimum absolute atomic E-state index is 0.186. The average Bonchev–Trinajstić information content (AvgIpc) is 2.70. The van der Waals surface area contributed by atoms with Crippen LogP contribution in [0.2, 0.25) is 0 Å². The normalized spacial score (nSPS) is 11.8. The lowest BCUT2D eigenvalue weighted by molar-refractivity contribution is -0.941.